The summed E-state index contributed by atoms with van der Waals surface area (Å²) in [6.45, 7) is 0. The zero-order valence-corrected chi connectivity index (χ0v) is 8.84. The molecule has 1 amide bonds. The zero-order valence-electron chi connectivity index (χ0n) is 3.56. The first-order valence-electron chi connectivity index (χ1n) is 0.569. The molecule has 0 aromatic heterocycles. The Morgan fingerprint density at radius 1 is 2.00 bits per heavy atom. The summed E-state index contributed by atoms with van der Waals surface area (Å²) in [7, 11) is 0. The largest absolute Gasteiger partial charge is 1.00 e. The molecule has 0 radical (unpaired) electrons. The molecule has 0 atom stereocenters. The molecule has 0 aliphatic rings. The Balaban J connectivity index is -0.0000000200. The van der Waals surface area contributed by atoms with Crippen LogP contribution in [0, 0.1) is 0 Å². The molecule has 0 heterocycles. The molecule has 3 heteroatoms. The average Bonchev–Trinajstić information content (AvgIpc) is 0.918. The maximum atomic E-state index is 8.58. The third-order valence-corrected chi connectivity index (χ3v) is 0. The maximum absolute atomic E-state index is 8.58. The van der Waals surface area contributed by atoms with Crippen LogP contribution >= 0.6 is 0 Å². The van der Waals surface area contributed by atoms with E-state index in [1.54, 1.807) is 0 Å². The second-order valence-corrected chi connectivity index (χ2v) is 0.136. The second kappa shape index (κ2) is 8.82. The standard InChI is InChI=1S/CH3NO.Cs.H/c2-1-3;;/h1H,(H2,2,3);;/q;+1;-1. The third-order valence-electron chi connectivity index (χ3n) is 0. The van der Waals surface area contributed by atoms with Crippen LogP contribution in [-0.2, 0) is 4.79 Å². The van der Waals surface area contributed by atoms with Crippen molar-refractivity contribution in [1.29, 1.82) is 0 Å². The van der Waals surface area contributed by atoms with Gasteiger partial charge >= 0.3 is 68.9 Å². The summed E-state index contributed by atoms with van der Waals surface area (Å²) in [6.07, 6.45) is 0.250. The molecule has 0 fully saturated rings. The van der Waals surface area contributed by atoms with Crippen molar-refractivity contribution in [2.45, 2.75) is 0 Å². The van der Waals surface area contributed by atoms with Crippen LogP contribution in [0.5, 0.6) is 0 Å². The topological polar surface area (TPSA) is 43.1 Å². The molecular weight excluding hydrogens is 175 g/mol. The predicted octanol–water partition coefficient (Wildman–Crippen LogP) is -3.78. The molecule has 0 aliphatic carbocycles. The Hall–Kier alpha value is 1.52. The molecule has 0 rings (SSSR count). The van der Waals surface area contributed by atoms with E-state index >= 15 is 0 Å². The van der Waals surface area contributed by atoms with Crippen molar-refractivity contribution in [3.8, 4) is 0 Å². The van der Waals surface area contributed by atoms with Crippen LogP contribution in [0.25, 0.3) is 0 Å². The van der Waals surface area contributed by atoms with Crippen molar-refractivity contribution in [3.05, 3.63) is 0 Å². The minimum Gasteiger partial charge on any atom is -1.00 e. The fourth-order valence-electron chi connectivity index (χ4n) is 0. The molecule has 20 valence electrons. The van der Waals surface area contributed by atoms with Gasteiger partial charge in [0.25, 0.3) is 0 Å². The molecule has 0 aromatic rings. The number of rotatable bonds is 0. The van der Waals surface area contributed by atoms with Gasteiger partial charge in [-0.15, -0.1) is 0 Å². The minimum atomic E-state index is 0. The second-order valence-electron chi connectivity index (χ2n) is 0.136. The number of hydrogen-bond acceptors (Lipinski definition) is 1. The molecule has 0 spiro atoms. The fourth-order valence-corrected chi connectivity index (χ4v) is 0. The van der Waals surface area contributed by atoms with Gasteiger partial charge in [-0.1, -0.05) is 0 Å². The van der Waals surface area contributed by atoms with Gasteiger partial charge in [-0.25, -0.2) is 0 Å². The number of amides is 1. The number of nitrogens with two attached hydrogens (primary N) is 1. The number of carbonyl (C=O) groups excluding carboxylic acids is 1. The number of carbonyl (C=O) groups is 1. The summed E-state index contributed by atoms with van der Waals surface area (Å²) in [5.74, 6) is 0. The van der Waals surface area contributed by atoms with Crippen molar-refractivity contribution < 1.29 is 75.1 Å². The number of hydrogen-bond donors (Lipinski definition) is 1. The summed E-state index contributed by atoms with van der Waals surface area (Å²) >= 11 is 0. The van der Waals surface area contributed by atoms with Crippen LogP contribution in [0.1, 0.15) is 1.43 Å². The molecule has 0 aromatic carbocycles. The maximum Gasteiger partial charge on any atom is 1.00 e. The van der Waals surface area contributed by atoms with Crippen molar-refractivity contribution in [1.82, 2.24) is 0 Å². The molecule has 4 heavy (non-hydrogen) atoms. The molecule has 0 aliphatic heterocycles. The van der Waals surface area contributed by atoms with E-state index in [1.807, 2.05) is 0 Å². The van der Waals surface area contributed by atoms with Crippen molar-refractivity contribution in [2.24, 2.45) is 5.73 Å². The van der Waals surface area contributed by atoms with Crippen LogP contribution < -0.4 is 74.6 Å². The van der Waals surface area contributed by atoms with E-state index < -0.39 is 0 Å². The molecule has 0 bridgehead atoms. The Kier molecular flexibility index (Phi) is 20.1. The Morgan fingerprint density at radius 2 is 2.00 bits per heavy atom. The van der Waals surface area contributed by atoms with Crippen LogP contribution in [0.15, 0.2) is 0 Å². The fraction of sp³-hybridized carbons (Fsp3) is 0. The summed E-state index contributed by atoms with van der Waals surface area (Å²) in [5.41, 5.74) is 4.17. The Bertz CT molecular complexity index is 19.1. The van der Waals surface area contributed by atoms with E-state index in [9.17, 15) is 0 Å². The van der Waals surface area contributed by atoms with E-state index in [4.69, 9.17) is 4.79 Å². The van der Waals surface area contributed by atoms with Gasteiger partial charge in [0, 0.05) is 0 Å². The first-order chi connectivity index (χ1) is 1.41. The SMILES string of the molecule is NC=O.[Cs+].[H-]. The van der Waals surface area contributed by atoms with Crippen LogP contribution in [0.4, 0.5) is 0 Å². The summed E-state index contributed by atoms with van der Waals surface area (Å²) in [6, 6.07) is 0. The van der Waals surface area contributed by atoms with Crippen molar-refractivity contribution >= 4 is 6.41 Å². The predicted molar refractivity (Wildman–Crippen MR) is 11.4 cm³/mol. The van der Waals surface area contributed by atoms with Crippen LogP contribution in [0.2, 0.25) is 0 Å². The first-order valence-corrected chi connectivity index (χ1v) is 0.569. The molecule has 2 N–H and O–H groups in total. The summed E-state index contributed by atoms with van der Waals surface area (Å²) < 4.78 is 0. The summed E-state index contributed by atoms with van der Waals surface area (Å²) in [4.78, 5) is 8.58. The van der Waals surface area contributed by atoms with Gasteiger partial charge in [0.05, 0.1) is 0 Å². The Morgan fingerprint density at radius 3 is 2.00 bits per heavy atom. The smallest absolute Gasteiger partial charge is 1.00 e. The normalized spacial score (nSPS) is 3.00. The third kappa shape index (κ3) is 9.67. The van der Waals surface area contributed by atoms with Crippen molar-refractivity contribution in [3.63, 3.8) is 0 Å². The van der Waals surface area contributed by atoms with Crippen molar-refractivity contribution in [2.75, 3.05) is 0 Å². The van der Waals surface area contributed by atoms with E-state index in [0.29, 0.717) is 0 Å². The quantitative estimate of drug-likeness (QED) is 0.381. The summed E-state index contributed by atoms with van der Waals surface area (Å²) in [5, 5.41) is 0. The molecule has 0 unspecified atom stereocenters. The molecular formula is CH4CsNO. The van der Waals surface area contributed by atoms with Gasteiger partial charge in [0.15, 0.2) is 0 Å². The molecule has 0 saturated carbocycles. The van der Waals surface area contributed by atoms with Gasteiger partial charge in [-0.2, -0.15) is 0 Å². The first kappa shape index (κ1) is 9.10. The van der Waals surface area contributed by atoms with E-state index in [2.05, 4.69) is 5.73 Å². The average molecular weight is 179 g/mol. The monoisotopic (exact) mass is 179 g/mol. The van der Waals surface area contributed by atoms with Gasteiger partial charge in [0.1, 0.15) is 0 Å². The van der Waals surface area contributed by atoms with Crippen LogP contribution in [-0.4, -0.2) is 6.41 Å². The van der Waals surface area contributed by atoms with E-state index in [1.165, 1.54) is 0 Å². The molecule has 0 saturated heterocycles. The van der Waals surface area contributed by atoms with E-state index in [-0.39, 0.29) is 76.7 Å². The minimum absolute atomic E-state index is 0. The zero-order chi connectivity index (χ0) is 2.71. The molecule has 2 nitrogen and oxygen atoms in total. The van der Waals surface area contributed by atoms with Crippen LogP contribution in [0.3, 0.4) is 0 Å². The van der Waals surface area contributed by atoms with Gasteiger partial charge < -0.3 is 7.16 Å². The Labute approximate surface area is 85.0 Å². The van der Waals surface area contributed by atoms with Gasteiger partial charge in [-0.05, 0) is 0 Å². The number of primary amides is 1. The van der Waals surface area contributed by atoms with Gasteiger partial charge in [-0.3, -0.25) is 4.79 Å². The van der Waals surface area contributed by atoms with Gasteiger partial charge in [0.2, 0.25) is 6.41 Å². The van der Waals surface area contributed by atoms with E-state index in [0.717, 1.165) is 0 Å².